The molecule has 0 spiro atoms. The van der Waals surface area contributed by atoms with Crippen molar-refractivity contribution in [3.05, 3.63) is 64.5 Å². The van der Waals surface area contributed by atoms with Gasteiger partial charge in [0, 0.05) is 10.2 Å². The quantitative estimate of drug-likeness (QED) is 0.539. The van der Waals surface area contributed by atoms with E-state index in [1.165, 1.54) is 23.9 Å². The monoisotopic (exact) mass is 491 g/mol. The van der Waals surface area contributed by atoms with Crippen molar-refractivity contribution in [3.8, 4) is 0 Å². The van der Waals surface area contributed by atoms with E-state index >= 15 is 0 Å². The van der Waals surface area contributed by atoms with Crippen LogP contribution in [0.2, 0.25) is 0 Å². The zero-order chi connectivity index (χ0) is 21.5. The van der Waals surface area contributed by atoms with Crippen LogP contribution in [0, 0.1) is 5.82 Å². The molecule has 2 aromatic carbocycles. The van der Waals surface area contributed by atoms with Crippen molar-refractivity contribution >= 4 is 61.7 Å². The van der Waals surface area contributed by atoms with Gasteiger partial charge in [-0.3, -0.25) is 9.59 Å². The van der Waals surface area contributed by atoms with Crippen LogP contribution in [-0.2, 0) is 14.3 Å². The van der Waals surface area contributed by atoms with Crippen LogP contribution < -0.4 is 10.6 Å². The summed E-state index contributed by atoms with van der Waals surface area (Å²) in [5.41, 5.74) is 2.17. The topological polar surface area (TPSA) is 79.8 Å². The molecule has 156 valence electrons. The van der Waals surface area contributed by atoms with E-state index in [0.717, 1.165) is 5.69 Å². The number of anilines is 2. The van der Waals surface area contributed by atoms with Gasteiger partial charge < -0.3 is 15.4 Å². The van der Waals surface area contributed by atoms with Gasteiger partial charge in [-0.15, -0.1) is 0 Å². The van der Waals surface area contributed by atoms with Crippen molar-refractivity contribution in [2.45, 2.75) is 13.3 Å². The van der Waals surface area contributed by atoms with Gasteiger partial charge in [0.2, 0.25) is 5.91 Å². The molecule has 0 radical (unpaired) electrons. The highest BCUT2D eigenvalue weighted by Gasteiger charge is 2.16. The van der Waals surface area contributed by atoms with Crippen molar-refractivity contribution < 1.29 is 18.7 Å². The fourth-order valence-electron chi connectivity index (χ4n) is 2.64. The van der Waals surface area contributed by atoms with E-state index in [9.17, 15) is 14.0 Å². The van der Waals surface area contributed by atoms with Crippen LogP contribution in [0.5, 0.6) is 0 Å². The van der Waals surface area contributed by atoms with Crippen molar-refractivity contribution in [3.63, 3.8) is 0 Å². The summed E-state index contributed by atoms with van der Waals surface area (Å²) in [4.78, 5) is 28.8. The Morgan fingerprint density at radius 2 is 2.07 bits per heavy atom. The van der Waals surface area contributed by atoms with Crippen LogP contribution in [0.3, 0.4) is 0 Å². The lowest BCUT2D eigenvalue weighted by molar-refractivity contribution is -0.142. The first-order chi connectivity index (χ1) is 14.4. The van der Waals surface area contributed by atoms with E-state index in [0.29, 0.717) is 27.5 Å². The van der Waals surface area contributed by atoms with Crippen molar-refractivity contribution in [1.82, 2.24) is 0 Å². The summed E-state index contributed by atoms with van der Waals surface area (Å²) in [7, 11) is 0. The van der Waals surface area contributed by atoms with Gasteiger partial charge >= 0.3 is 5.97 Å². The van der Waals surface area contributed by atoms with E-state index in [-0.39, 0.29) is 29.7 Å². The van der Waals surface area contributed by atoms with E-state index < -0.39 is 5.82 Å². The zero-order valence-corrected chi connectivity index (χ0v) is 18.5. The Hall–Kier alpha value is -2.65. The number of carbonyl (C=O) groups excluding carboxylic acids is 2. The second kappa shape index (κ2) is 10.4. The molecule has 0 saturated heterocycles. The first-order valence-electron chi connectivity index (χ1n) is 9.13. The number of aliphatic imine (C=N–C) groups is 1. The lowest BCUT2D eigenvalue weighted by atomic mass is 10.2. The SMILES string of the molecule is CCOC(=O)CC1=CC(SCC(=O)Nc2ccc(Br)cc2F)=Nc2ccccc2N1. The summed E-state index contributed by atoms with van der Waals surface area (Å²) in [5, 5.41) is 6.30. The lowest BCUT2D eigenvalue weighted by Crippen LogP contribution is -2.16. The highest BCUT2D eigenvalue weighted by molar-refractivity contribution is 9.10. The molecule has 3 rings (SSSR count). The number of rotatable bonds is 6. The van der Waals surface area contributed by atoms with Crippen molar-refractivity contribution in [1.29, 1.82) is 0 Å². The Bertz CT molecular complexity index is 1030. The predicted octanol–water partition coefficient (Wildman–Crippen LogP) is 5.25. The number of benzene rings is 2. The zero-order valence-electron chi connectivity index (χ0n) is 16.1. The molecular formula is C21H19BrFN3O3S. The molecule has 2 N–H and O–H groups in total. The summed E-state index contributed by atoms with van der Waals surface area (Å²) >= 11 is 4.37. The highest BCUT2D eigenvalue weighted by Crippen LogP contribution is 2.31. The molecule has 6 nitrogen and oxygen atoms in total. The number of nitrogens with one attached hydrogen (secondary N) is 2. The van der Waals surface area contributed by atoms with Crippen LogP contribution in [0.25, 0.3) is 0 Å². The van der Waals surface area contributed by atoms with Gasteiger partial charge in [-0.2, -0.15) is 0 Å². The largest absolute Gasteiger partial charge is 0.466 e. The Labute approximate surface area is 186 Å². The fraction of sp³-hybridized carbons (Fsp3) is 0.190. The van der Waals surface area contributed by atoms with Gasteiger partial charge in [0.15, 0.2) is 0 Å². The van der Waals surface area contributed by atoms with Gasteiger partial charge in [0.05, 0.1) is 40.9 Å². The molecule has 0 unspecified atom stereocenters. The number of fused-ring (bicyclic) bond motifs is 1. The average molecular weight is 492 g/mol. The standard InChI is InChI=1S/C21H19BrFN3O3S/c1-2-29-21(28)11-14-10-20(26-18-6-4-3-5-17(18)24-14)30-12-19(27)25-16-8-7-13(22)9-15(16)23/h3-10,24H,2,11-12H2,1H3,(H,25,27). The maximum atomic E-state index is 13.9. The number of amides is 1. The maximum absolute atomic E-state index is 13.9. The lowest BCUT2D eigenvalue weighted by Gasteiger charge is -2.10. The number of hydrogen-bond donors (Lipinski definition) is 2. The molecule has 2 aromatic rings. The summed E-state index contributed by atoms with van der Waals surface area (Å²) in [6, 6.07) is 11.8. The average Bonchev–Trinajstić information content (AvgIpc) is 2.87. The minimum absolute atomic E-state index is 0.0275. The number of thioether (sulfide) groups is 1. The van der Waals surface area contributed by atoms with Crippen LogP contribution >= 0.6 is 27.7 Å². The summed E-state index contributed by atoms with van der Waals surface area (Å²) in [6.07, 6.45) is 1.77. The minimum atomic E-state index is -0.524. The molecule has 1 amide bonds. The van der Waals surface area contributed by atoms with Gasteiger partial charge in [0.25, 0.3) is 0 Å². The molecule has 9 heteroatoms. The van der Waals surface area contributed by atoms with E-state index in [1.807, 2.05) is 24.3 Å². The maximum Gasteiger partial charge on any atom is 0.311 e. The first kappa shape index (κ1) is 22.0. The fourth-order valence-corrected chi connectivity index (χ4v) is 3.71. The summed E-state index contributed by atoms with van der Waals surface area (Å²) in [5.74, 6) is -1.22. The van der Waals surface area contributed by atoms with Crippen molar-refractivity contribution in [2.24, 2.45) is 4.99 Å². The van der Waals surface area contributed by atoms with Crippen LogP contribution in [0.15, 0.2) is 63.7 Å². The number of carbonyl (C=O) groups is 2. The molecule has 0 aromatic heterocycles. The number of nitrogens with zero attached hydrogens (tertiary/aromatic N) is 1. The second-order valence-corrected chi connectivity index (χ2v) is 8.12. The molecule has 1 aliphatic rings. The van der Waals surface area contributed by atoms with Gasteiger partial charge in [-0.05, 0) is 43.3 Å². The Morgan fingerprint density at radius 1 is 1.27 bits per heavy atom. The number of para-hydroxylation sites is 2. The molecular weight excluding hydrogens is 473 g/mol. The minimum Gasteiger partial charge on any atom is -0.466 e. The van der Waals surface area contributed by atoms with E-state index in [4.69, 9.17) is 4.74 Å². The number of ether oxygens (including phenoxy) is 1. The number of hydrogen-bond acceptors (Lipinski definition) is 6. The third kappa shape index (κ3) is 6.17. The normalized spacial score (nSPS) is 12.6. The number of esters is 1. The van der Waals surface area contributed by atoms with Crippen LogP contribution in [0.1, 0.15) is 13.3 Å². The molecule has 30 heavy (non-hydrogen) atoms. The van der Waals surface area contributed by atoms with Gasteiger partial charge in [-0.25, -0.2) is 9.38 Å². The second-order valence-electron chi connectivity index (χ2n) is 6.20. The van der Waals surface area contributed by atoms with E-state index in [2.05, 4.69) is 31.6 Å². The molecule has 1 heterocycles. The molecule has 0 aliphatic carbocycles. The van der Waals surface area contributed by atoms with E-state index in [1.54, 1.807) is 19.1 Å². The third-order valence-electron chi connectivity index (χ3n) is 3.92. The Balaban J connectivity index is 1.72. The molecule has 0 saturated carbocycles. The third-order valence-corrected chi connectivity index (χ3v) is 5.33. The first-order valence-corrected chi connectivity index (χ1v) is 10.9. The molecule has 0 bridgehead atoms. The summed E-state index contributed by atoms with van der Waals surface area (Å²) < 4.78 is 19.5. The predicted molar refractivity (Wildman–Crippen MR) is 122 cm³/mol. The molecule has 1 aliphatic heterocycles. The Kier molecular flexibility index (Phi) is 7.64. The highest BCUT2D eigenvalue weighted by atomic mass is 79.9. The van der Waals surface area contributed by atoms with Crippen LogP contribution in [-0.4, -0.2) is 29.3 Å². The smallest absolute Gasteiger partial charge is 0.311 e. The van der Waals surface area contributed by atoms with Crippen molar-refractivity contribution in [2.75, 3.05) is 23.0 Å². The van der Waals surface area contributed by atoms with Gasteiger partial charge in [0.1, 0.15) is 5.82 Å². The number of halogens is 2. The Morgan fingerprint density at radius 3 is 2.83 bits per heavy atom. The van der Waals surface area contributed by atoms with Crippen LogP contribution in [0.4, 0.5) is 21.5 Å². The van der Waals surface area contributed by atoms with Gasteiger partial charge in [-0.1, -0.05) is 39.8 Å². The molecule has 0 fully saturated rings. The molecule has 0 atom stereocenters. The summed E-state index contributed by atoms with van der Waals surface area (Å²) in [6.45, 7) is 2.04.